The summed E-state index contributed by atoms with van der Waals surface area (Å²) in [5.74, 6) is 0.106. The van der Waals surface area contributed by atoms with E-state index in [1.165, 1.54) is 11.8 Å². The maximum absolute atomic E-state index is 12.5. The van der Waals surface area contributed by atoms with Gasteiger partial charge in [-0.1, -0.05) is 44.8 Å². The van der Waals surface area contributed by atoms with E-state index in [0.29, 0.717) is 9.57 Å². The van der Waals surface area contributed by atoms with Crippen molar-refractivity contribution in [2.75, 3.05) is 19.6 Å². The standard InChI is InChI=1S/C13H20N2OS3/c1-4-6-14-8-9(3)18-12(14)10-11(16)15(7-5-2)13(17)19-10/h9H,4-8H2,1-3H3. The van der Waals surface area contributed by atoms with E-state index in [9.17, 15) is 4.79 Å². The average molecular weight is 317 g/mol. The van der Waals surface area contributed by atoms with Crippen LogP contribution in [0.25, 0.3) is 0 Å². The van der Waals surface area contributed by atoms with Crippen molar-refractivity contribution in [1.82, 2.24) is 9.80 Å². The number of carbonyl (C=O) groups excluding carboxylic acids is 1. The number of carbonyl (C=O) groups is 1. The van der Waals surface area contributed by atoms with E-state index in [0.717, 1.165) is 42.4 Å². The van der Waals surface area contributed by atoms with E-state index < -0.39 is 0 Å². The molecular weight excluding hydrogens is 296 g/mol. The van der Waals surface area contributed by atoms with E-state index in [4.69, 9.17) is 12.2 Å². The van der Waals surface area contributed by atoms with E-state index in [-0.39, 0.29) is 5.91 Å². The van der Waals surface area contributed by atoms with Crippen LogP contribution in [0.1, 0.15) is 33.6 Å². The summed E-state index contributed by atoms with van der Waals surface area (Å²) in [6.45, 7) is 9.24. The Kier molecular flexibility index (Phi) is 5.20. The predicted octanol–water partition coefficient (Wildman–Crippen LogP) is 3.27. The Morgan fingerprint density at radius 1 is 1.32 bits per heavy atom. The number of thioether (sulfide) groups is 2. The van der Waals surface area contributed by atoms with Gasteiger partial charge >= 0.3 is 0 Å². The highest BCUT2D eigenvalue weighted by atomic mass is 32.2. The SMILES string of the molecule is CCCN1CC(C)SC1=C1SC(=S)N(CCC)C1=O. The molecular formula is C13H20N2OS3. The van der Waals surface area contributed by atoms with E-state index in [2.05, 4.69) is 25.7 Å². The Labute approximate surface area is 129 Å². The van der Waals surface area contributed by atoms with Gasteiger partial charge in [0.1, 0.15) is 9.23 Å². The maximum Gasteiger partial charge on any atom is 0.268 e. The lowest BCUT2D eigenvalue weighted by Gasteiger charge is -2.19. The van der Waals surface area contributed by atoms with Gasteiger partial charge in [0.05, 0.1) is 5.03 Å². The molecule has 0 aromatic heterocycles. The molecule has 0 aliphatic carbocycles. The smallest absolute Gasteiger partial charge is 0.268 e. The Bertz CT molecular complexity index is 422. The zero-order chi connectivity index (χ0) is 14.0. The molecule has 0 aromatic rings. The molecule has 3 nitrogen and oxygen atoms in total. The van der Waals surface area contributed by atoms with E-state index in [1.807, 2.05) is 11.8 Å². The van der Waals surface area contributed by atoms with Gasteiger partial charge in [-0.15, -0.1) is 11.8 Å². The maximum atomic E-state index is 12.5. The molecule has 1 atom stereocenters. The van der Waals surface area contributed by atoms with Gasteiger partial charge in [-0.05, 0) is 12.8 Å². The van der Waals surface area contributed by atoms with Crippen molar-refractivity contribution in [2.45, 2.75) is 38.9 Å². The van der Waals surface area contributed by atoms with Gasteiger partial charge in [0, 0.05) is 24.9 Å². The molecule has 2 rings (SSSR count). The molecule has 19 heavy (non-hydrogen) atoms. The molecule has 0 spiro atoms. The number of rotatable bonds is 4. The van der Waals surface area contributed by atoms with Gasteiger partial charge in [0.25, 0.3) is 5.91 Å². The monoisotopic (exact) mass is 316 g/mol. The van der Waals surface area contributed by atoms with Gasteiger partial charge in [-0.2, -0.15) is 0 Å². The summed E-state index contributed by atoms with van der Waals surface area (Å²) in [6, 6.07) is 0. The van der Waals surface area contributed by atoms with Crippen molar-refractivity contribution in [1.29, 1.82) is 0 Å². The third kappa shape index (κ3) is 3.11. The zero-order valence-electron chi connectivity index (χ0n) is 11.6. The largest absolute Gasteiger partial charge is 0.364 e. The molecule has 2 aliphatic heterocycles. The van der Waals surface area contributed by atoms with Crippen molar-refractivity contribution in [2.24, 2.45) is 0 Å². The predicted molar refractivity (Wildman–Crippen MR) is 88.1 cm³/mol. The molecule has 106 valence electrons. The Morgan fingerprint density at radius 2 is 2.00 bits per heavy atom. The minimum Gasteiger partial charge on any atom is -0.364 e. The molecule has 2 saturated heterocycles. The number of thiocarbonyl (C=S) groups is 1. The molecule has 1 unspecified atom stereocenters. The van der Waals surface area contributed by atoms with Crippen LogP contribution >= 0.6 is 35.7 Å². The van der Waals surface area contributed by atoms with Gasteiger partial charge < -0.3 is 4.90 Å². The highest BCUT2D eigenvalue weighted by molar-refractivity contribution is 8.27. The quantitative estimate of drug-likeness (QED) is 0.585. The fraction of sp³-hybridized carbons (Fsp3) is 0.692. The molecule has 0 saturated carbocycles. The number of amides is 1. The van der Waals surface area contributed by atoms with Crippen LogP contribution in [0.5, 0.6) is 0 Å². The fourth-order valence-electron chi connectivity index (χ4n) is 2.30. The summed E-state index contributed by atoms with van der Waals surface area (Å²) in [5, 5.41) is 1.70. The summed E-state index contributed by atoms with van der Waals surface area (Å²) >= 11 is 8.62. The first-order valence-electron chi connectivity index (χ1n) is 6.78. The second-order valence-electron chi connectivity index (χ2n) is 4.83. The molecule has 1 amide bonds. The Hall–Kier alpha value is -0.200. The lowest BCUT2D eigenvalue weighted by molar-refractivity contribution is -0.122. The summed E-state index contributed by atoms with van der Waals surface area (Å²) in [6.07, 6.45) is 2.04. The topological polar surface area (TPSA) is 23.6 Å². The summed E-state index contributed by atoms with van der Waals surface area (Å²) in [7, 11) is 0. The Morgan fingerprint density at radius 3 is 2.63 bits per heavy atom. The van der Waals surface area contributed by atoms with E-state index in [1.54, 1.807) is 4.90 Å². The fourth-order valence-corrected chi connectivity index (χ4v) is 5.01. The molecule has 6 heteroatoms. The van der Waals surface area contributed by atoms with Crippen LogP contribution < -0.4 is 0 Å². The number of nitrogens with zero attached hydrogens (tertiary/aromatic N) is 2. The molecule has 2 fully saturated rings. The molecule has 2 heterocycles. The third-order valence-electron chi connectivity index (χ3n) is 3.06. The molecule has 0 N–H and O–H groups in total. The summed E-state index contributed by atoms with van der Waals surface area (Å²) < 4.78 is 0.714. The number of hydrogen-bond donors (Lipinski definition) is 0. The lowest BCUT2D eigenvalue weighted by atomic mass is 10.3. The third-order valence-corrected chi connectivity index (χ3v) is 5.87. The van der Waals surface area contributed by atoms with Crippen molar-refractivity contribution >= 4 is 46.0 Å². The minimum absolute atomic E-state index is 0.106. The molecule has 0 aromatic carbocycles. The normalized spacial score (nSPS) is 27.8. The second-order valence-corrected chi connectivity index (χ2v) is 7.90. The van der Waals surface area contributed by atoms with Crippen LogP contribution in [0, 0.1) is 0 Å². The first-order valence-corrected chi connectivity index (χ1v) is 8.88. The lowest BCUT2D eigenvalue weighted by Crippen LogP contribution is -2.29. The van der Waals surface area contributed by atoms with Crippen LogP contribution in [0.2, 0.25) is 0 Å². The average Bonchev–Trinajstić information content (AvgIpc) is 2.85. The van der Waals surface area contributed by atoms with Crippen LogP contribution in [0.15, 0.2) is 9.93 Å². The van der Waals surface area contributed by atoms with Crippen LogP contribution in [-0.2, 0) is 4.79 Å². The Balaban J connectivity index is 2.26. The van der Waals surface area contributed by atoms with Gasteiger partial charge in [-0.25, -0.2) is 0 Å². The highest BCUT2D eigenvalue weighted by Gasteiger charge is 2.38. The van der Waals surface area contributed by atoms with Crippen molar-refractivity contribution in [3.05, 3.63) is 9.93 Å². The van der Waals surface area contributed by atoms with E-state index >= 15 is 0 Å². The second kappa shape index (κ2) is 6.50. The van der Waals surface area contributed by atoms with Crippen molar-refractivity contribution in [3.63, 3.8) is 0 Å². The highest BCUT2D eigenvalue weighted by Crippen LogP contribution is 2.43. The van der Waals surface area contributed by atoms with Crippen LogP contribution in [0.4, 0.5) is 0 Å². The molecule has 0 radical (unpaired) electrons. The van der Waals surface area contributed by atoms with Crippen molar-refractivity contribution in [3.8, 4) is 0 Å². The van der Waals surface area contributed by atoms with Gasteiger partial charge in [0.15, 0.2) is 0 Å². The summed E-state index contributed by atoms with van der Waals surface area (Å²) in [4.78, 5) is 17.4. The first kappa shape index (κ1) is 15.2. The first-order chi connectivity index (χ1) is 9.08. The zero-order valence-corrected chi connectivity index (χ0v) is 14.1. The summed E-state index contributed by atoms with van der Waals surface area (Å²) in [5.41, 5.74) is 0. The van der Waals surface area contributed by atoms with Crippen LogP contribution in [-0.4, -0.2) is 44.9 Å². The minimum atomic E-state index is 0.106. The molecule has 0 bridgehead atoms. The van der Waals surface area contributed by atoms with Gasteiger partial charge in [0.2, 0.25) is 0 Å². The van der Waals surface area contributed by atoms with Gasteiger partial charge in [-0.3, -0.25) is 9.69 Å². The molecule has 2 aliphatic rings. The van der Waals surface area contributed by atoms with Crippen molar-refractivity contribution < 1.29 is 4.79 Å². The van der Waals surface area contributed by atoms with Crippen LogP contribution in [0.3, 0.4) is 0 Å². The number of hydrogen-bond acceptors (Lipinski definition) is 5.